The van der Waals surface area contributed by atoms with E-state index in [1.165, 1.54) is 79.5 Å². The van der Waals surface area contributed by atoms with E-state index in [4.69, 9.17) is 55.2 Å². The topological polar surface area (TPSA) is 506 Å². The van der Waals surface area contributed by atoms with Crippen molar-refractivity contribution in [2.75, 3.05) is 112 Å². The first kappa shape index (κ1) is 106. The van der Waals surface area contributed by atoms with Crippen LogP contribution >= 0.6 is 39.8 Å². The molecule has 0 spiro atoms. The van der Waals surface area contributed by atoms with E-state index in [9.17, 15) is 88.2 Å². The summed E-state index contributed by atoms with van der Waals surface area (Å²) in [5.74, 6) is -3.68. The molecule has 714 valence electrons. The van der Waals surface area contributed by atoms with Crippen molar-refractivity contribution in [3.8, 4) is 11.1 Å². The molecule has 18 atom stereocenters. The summed E-state index contributed by atoms with van der Waals surface area (Å²) in [7, 11) is 2.87. The Morgan fingerprint density at radius 2 is 0.868 bits per heavy atom. The van der Waals surface area contributed by atoms with Gasteiger partial charge in [-0.2, -0.15) is 0 Å². The SMILES string of the molecule is C=P(C)(C)CC[C@H]1OC(n2cc(CNCC(C)=O)c(=O)[nH]c2=O)[C@H](OC)[C@@H]1O.C=P(C)(C)CC[C@H]1OC(n2cc(CNCC(C)=O)c(=O)[nH]c2=S)[C@H](O)[C@@H]1O.C=P(C)(C)CC[C@H]1OC(n2ccc(=O)n(CCC(C)C(=O)O)c2=O)[C@H](O)[C@@H]1O.C=P(C)(C)CC[C@H]1OC(n2ccc(=O)n(CCC(C)C(=O)OC(=O)OCC3c4ccccc4-c4ccccc43)c2=O)[C@H](OC)[C@@H]1O. The monoisotopic (exact) mass is 1900 g/mol. The van der Waals surface area contributed by atoms with Crippen LogP contribution in [0.3, 0.4) is 0 Å². The molecule has 0 amide bonds. The standard InChI is InChI=1S/C34H41N2O9P.C18H30N3O6P.C18H29N2O7P.C17H28N3O5PS/c1-21(32(39)45-34(41)43-20-26-24-12-8-6-10-22(24)23-11-7-9-13-25(23)26)14-17-35-28(37)15-18-36(33(35)40)31-30(42-2)29(38)27(44-31)16-19-46(3,4)5;1-11(22)8-19-9-12-10-21(18(25)20-16(12)24)17-15(26-2)14(23)13(27-17)6-7-28(3,4)5;1-11(17(24)25)5-8-19-13(21)6-9-20(18(19)26)16-15(23)14(22)12(27-16)7-10-28(2,3)4;1-10(21)7-18-8-11-9-20(17(27)19-15(11)24)16-14(23)13(22)12(25-16)5-6-26(2,3)4/h6-13,15,18,21,26-27,29-31,38H,3,14,16-17,19-20H2,1-2,4-5H3;10,13-15,17,19,23H,3,6-9H2,1-2,4-5H3,(H,20,24,25);6,9,11-12,14-16,22-23H,2,5,7-8,10H2,1,3-4H3,(H,24,25);9,12-14,16,18,22-23H,2,5-8H2,1,3-4H3,(H,19,24,27)/t21?,27-,29-,30-,31?;13-,14-,15-,17?;11?,12-,14-,15-,16?;12-,13-,14-,16?/m1111/s1. The number of rotatable bonds is 36. The largest absolute Gasteiger partial charge is 0.516 e. The number of carboxylic acid groups (broad SMARTS) is 1. The summed E-state index contributed by atoms with van der Waals surface area (Å²) in [6, 6.07) is 18.2. The quantitative estimate of drug-likeness (QED) is 0.0116. The lowest BCUT2D eigenvalue weighted by Gasteiger charge is -2.21. The molecule has 5 aliphatic rings. The van der Waals surface area contributed by atoms with Gasteiger partial charge in [0.25, 0.3) is 22.2 Å². The lowest BCUT2D eigenvalue weighted by atomic mass is 9.98. The second-order valence-corrected chi connectivity index (χ2v) is 53.7. The Labute approximate surface area is 752 Å². The van der Waals surface area contributed by atoms with Gasteiger partial charge in [-0.25, -0.2) is 19.2 Å². The van der Waals surface area contributed by atoms with Gasteiger partial charge < -0.3 is 84.3 Å². The van der Waals surface area contributed by atoms with Crippen molar-refractivity contribution >= 4 is 94.6 Å². The number of aromatic nitrogens is 8. The maximum Gasteiger partial charge on any atom is 0.516 e. The Balaban J connectivity index is 0.000000219. The molecule has 11 rings (SSSR count). The minimum absolute atomic E-state index is 0.00335. The van der Waals surface area contributed by atoms with Gasteiger partial charge in [0.15, 0.2) is 29.7 Å². The number of hydrogen-bond donors (Lipinski definition) is 11. The van der Waals surface area contributed by atoms with Gasteiger partial charge in [-0.3, -0.25) is 75.7 Å². The first-order valence-electron chi connectivity index (χ1n) is 42.3. The summed E-state index contributed by atoms with van der Waals surface area (Å²) in [5, 5.41) is 77.6. The number of carbonyl (C=O) groups is 5. The van der Waals surface area contributed by atoms with Crippen LogP contribution in [0.5, 0.6) is 0 Å². The number of esters is 1. The third-order valence-electron chi connectivity index (χ3n) is 22.6. The second-order valence-electron chi connectivity index (χ2n) is 36.1. The number of carbonyl (C=O) groups excluding carboxylic acids is 4. The molecule has 8 heterocycles. The van der Waals surface area contributed by atoms with Crippen molar-refractivity contribution < 1.29 is 97.6 Å². The van der Waals surface area contributed by atoms with Gasteiger partial charge >= 0.3 is 35.2 Å². The van der Waals surface area contributed by atoms with Crippen molar-refractivity contribution in [1.29, 1.82) is 0 Å². The fourth-order valence-electron chi connectivity index (χ4n) is 15.2. The van der Waals surface area contributed by atoms with E-state index in [-0.39, 0.29) is 92.1 Å². The number of nitrogens with one attached hydrogen (secondary N) is 4. The van der Waals surface area contributed by atoms with Crippen molar-refractivity contribution in [2.24, 2.45) is 11.8 Å². The highest BCUT2D eigenvalue weighted by Gasteiger charge is 2.49. The van der Waals surface area contributed by atoms with Crippen LogP contribution in [-0.2, 0) is 83.3 Å². The molecule has 42 heteroatoms. The molecule has 1 aliphatic carbocycles. The highest BCUT2D eigenvalue weighted by Crippen LogP contribution is 2.47. The molecule has 6 unspecified atom stereocenters. The third kappa shape index (κ3) is 29.2. The number of hydrogen-bond acceptors (Lipinski definition) is 29. The van der Waals surface area contributed by atoms with Crippen molar-refractivity contribution in [1.82, 2.24) is 48.0 Å². The number of carboxylic acids is 1. The molecule has 4 saturated heterocycles. The van der Waals surface area contributed by atoms with Crippen LogP contribution < -0.4 is 49.9 Å². The van der Waals surface area contributed by atoms with Crippen LogP contribution in [0, 0.1) is 16.6 Å². The number of aliphatic hydroxyl groups excluding tert-OH is 6. The van der Waals surface area contributed by atoms with E-state index < -0.39 is 189 Å². The van der Waals surface area contributed by atoms with Gasteiger partial charge in [0.2, 0.25) is 0 Å². The number of aromatic amines is 2. The Kier molecular flexibility index (Phi) is 38.4. The lowest BCUT2D eigenvalue weighted by molar-refractivity contribution is -0.144. The van der Waals surface area contributed by atoms with Gasteiger partial charge in [0.05, 0.1) is 49.3 Å². The molecule has 37 nitrogen and oxygen atoms in total. The van der Waals surface area contributed by atoms with Gasteiger partial charge in [0.1, 0.15) is 67.0 Å². The molecule has 0 bridgehead atoms. The normalized spacial score (nSPS) is 24.2. The average molecular weight is 1900 g/mol. The third-order valence-corrected chi connectivity index (χ3v) is 28.8. The molecule has 6 aromatic rings. The molecule has 11 N–H and O–H groups in total. The minimum Gasteiger partial charge on any atom is -0.481 e. The van der Waals surface area contributed by atoms with E-state index in [1.54, 1.807) is 6.92 Å². The molecule has 4 aromatic heterocycles. The fraction of sp³-hybridized carbons (Fsp3) is 0.575. The van der Waals surface area contributed by atoms with Crippen molar-refractivity contribution in [3.63, 3.8) is 0 Å². The molecular formula is C87H128N10O27P4S. The average Bonchev–Trinajstić information content (AvgIpc) is 1.62. The number of benzene rings is 2. The summed E-state index contributed by atoms with van der Waals surface area (Å²) in [4.78, 5) is 151. The number of methoxy groups -OCH3 is 2. The van der Waals surface area contributed by atoms with Gasteiger partial charge in [-0.1, -0.05) is 62.4 Å². The zero-order valence-electron chi connectivity index (χ0n) is 75.6. The van der Waals surface area contributed by atoms with Crippen LogP contribution in [-0.4, -0.2) is 313 Å². The fourth-order valence-corrected chi connectivity index (χ4v) is 19.2. The van der Waals surface area contributed by atoms with E-state index in [2.05, 4.69) is 99.1 Å². The molecule has 2 aromatic carbocycles. The van der Waals surface area contributed by atoms with E-state index in [1.807, 2.05) is 48.5 Å². The van der Waals surface area contributed by atoms with E-state index in [0.29, 0.717) is 31.2 Å². The summed E-state index contributed by atoms with van der Waals surface area (Å²) in [6.07, 6.45) is 12.3. The first-order chi connectivity index (χ1) is 60.3. The van der Waals surface area contributed by atoms with Gasteiger partial charge in [-0.05, 0) is 165 Å². The number of ether oxygens (including phenoxy) is 8. The summed E-state index contributed by atoms with van der Waals surface area (Å²) >= 11 is 5.20. The lowest BCUT2D eigenvalue weighted by Crippen LogP contribution is -2.43. The molecular weight excluding hydrogens is 1770 g/mol. The minimum atomic E-state index is -1.37. The molecule has 4 aliphatic heterocycles. The molecule has 0 saturated carbocycles. The van der Waals surface area contributed by atoms with Crippen LogP contribution in [0.1, 0.15) is 119 Å². The Bertz CT molecular complexity index is 5620. The predicted octanol–water partition coefficient (Wildman–Crippen LogP) is 3.63. The van der Waals surface area contributed by atoms with Crippen LogP contribution in [0.15, 0.2) is 119 Å². The smallest absolute Gasteiger partial charge is 0.481 e. The van der Waals surface area contributed by atoms with Gasteiger partial charge in [-0.15, -0.1) is 52.7 Å². The Morgan fingerprint density at radius 1 is 0.504 bits per heavy atom. The van der Waals surface area contributed by atoms with Crippen LogP contribution in [0.2, 0.25) is 0 Å². The molecule has 4 fully saturated rings. The van der Waals surface area contributed by atoms with Crippen molar-refractivity contribution in [3.05, 3.63) is 185 Å². The second kappa shape index (κ2) is 46.6. The summed E-state index contributed by atoms with van der Waals surface area (Å²) in [5.41, 5.74) is 0.771. The molecule has 129 heavy (non-hydrogen) atoms. The highest BCUT2D eigenvalue weighted by molar-refractivity contribution is 7.73. The van der Waals surface area contributed by atoms with Gasteiger partial charge in [0, 0.05) is 94.4 Å². The highest BCUT2D eigenvalue weighted by atomic mass is 32.1. The molecule has 0 radical (unpaired) electrons. The Hall–Kier alpha value is -8.03. The zero-order chi connectivity index (χ0) is 95.8. The maximum absolute atomic E-state index is 13.4. The van der Waals surface area contributed by atoms with E-state index in [0.717, 1.165) is 66.7 Å². The Morgan fingerprint density at radius 3 is 1.27 bits per heavy atom. The van der Waals surface area contributed by atoms with E-state index >= 15 is 0 Å². The van der Waals surface area contributed by atoms with Crippen LogP contribution in [0.25, 0.3) is 11.1 Å². The maximum atomic E-state index is 13.4. The number of ketones is 2. The number of Topliss-reactive ketones (excluding diaryl/α,β-unsaturated/α-hetero) is 2. The van der Waals surface area contributed by atoms with Crippen molar-refractivity contribution in [2.45, 2.75) is 196 Å². The summed E-state index contributed by atoms with van der Waals surface area (Å²) in [6.45, 7) is 17.7. The number of aliphatic hydroxyl groups is 6. The predicted molar refractivity (Wildman–Crippen MR) is 503 cm³/mol. The number of aliphatic carboxylic acids is 1. The number of fused-ring (bicyclic) bond motifs is 3. The number of H-pyrrole nitrogens is 2. The van der Waals surface area contributed by atoms with Crippen LogP contribution in [0.4, 0.5) is 4.79 Å². The zero-order valence-corrected chi connectivity index (χ0v) is 80.0. The number of nitrogens with zero attached hydrogens (tertiary/aromatic N) is 6. The first-order valence-corrected chi connectivity index (χ1v) is 54.9. The summed E-state index contributed by atoms with van der Waals surface area (Å²) < 4.78 is 51.9.